The zero-order valence-electron chi connectivity index (χ0n) is 17.6. The Morgan fingerprint density at radius 1 is 0.900 bits per heavy atom. The Morgan fingerprint density at radius 2 is 1.43 bits per heavy atom. The van der Waals surface area contributed by atoms with Crippen LogP contribution in [0.25, 0.3) is 5.57 Å². The molecule has 3 aromatic carbocycles. The highest BCUT2D eigenvalue weighted by atomic mass is 16.5. The Balaban J connectivity index is 1.92. The van der Waals surface area contributed by atoms with Gasteiger partial charge in [0.25, 0.3) is 0 Å². The maximum Gasteiger partial charge on any atom is 0.132 e. The van der Waals surface area contributed by atoms with Crippen molar-refractivity contribution in [2.45, 2.75) is 25.7 Å². The van der Waals surface area contributed by atoms with Gasteiger partial charge >= 0.3 is 0 Å². The third-order valence-corrected chi connectivity index (χ3v) is 6.76. The van der Waals surface area contributed by atoms with Crippen LogP contribution in [0.2, 0.25) is 0 Å². The summed E-state index contributed by atoms with van der Waals surface area (Å²) in [7, 11) is 0. The summed E-state index contributed by atoms with van der Waals surface area (Å²) >= 11 is 0. The van der Waals surface area contributed by atoms with E-state index < -0.39 is 5.41 Å². The molecule has 1 aliphatic carbocycles. The standard InChI is InChI=1S/C29H26O/c1-5-19(2)20(3)18-26-21(4)22-12-6-7-13-23(22)29(26)24-14-8-10-16-27(24)30-28-17-11-9-15-25(28)29/h6-19H,3-5H2,1-2H3/b26-18+. The fourth-order valence-electron chi connectivity index (χ4n) is 4.95. The van der Waals surface area contributed by atoms with Crippen molar-refractivity contribution in [2.24, 2.45) is 5.92 Å². The molecule has 0 saturated heterocycles. The van der Waals surface area contributed by atoms with E-state index in [0.717, 1.165) is 40.2 Å². The molecule has 0 saturated carbocycles. The molecule has 0 aromatic heterocycles. The van der Waals surface area contributed by atoms with E-state index in [4.69, 9.17) is 4.74 Å². The predicted molar refractivity (Wildman–Crippen MR) is 125 cm³/mol. The number of ether oxygens (including phenoxy) is 1. The molecule has 0 amide bonds. The molecule has 0 fully saturated rings. The lowest BCUT2D eigenvalue weighted by Crippen LogP contribution is -2.32. The third kappa shape index (κ3) is 2.42. The molecule has 148 valence electrons. The van der Waals surface area contributed by atoms with E-state index in [9.17, 15) is 0 Å². The first kappa shape index (κ1) is 18.7. The maximum atomic E-state index is 6.36. The summed E-state index contributed by atoms with van der Waals surface area (Å²) in [5.41, 5.74) is 7.76. The fourth-order valence-corrected chi connectivity index (χ4v) is 4.95. The quantitative estimate of drug-likeness (QED) is 0.445. The Morgan fingerprint density at radius 3 is 2.03 bits per heavy atom. The van der Waals surface area contributed by atoms with Gasteiger partial charge in [-0.05, 0) is 46.7 Å². The van der Waals surface area contributed by atoms with Gasteiger partial charge in [0, 0.05) is 11.1 Å². The van der Waals surface area contributed by atoms with Crippen LogP contribution in [0.1, 0.15) is 42.5 Å². The SMILES string of the molecule is C=C1/C(=C\C(=C)C(C)CC)C2(c3ccccc3Oc3ccccc32)c2ccccc21. The van der Waals surface area contributed by atoms with Crippen molar-refractivity contribution in [1.29, 1.82) is 0 Å². The van der Waals surface area contributed by atoms with Gasteiger partial charge in [-0.1, -0.05) is 99.3 Å². The average Bonchev–Trinajstić information content (AvgIpc) is 3.03. The number of hydrogen-bond donors (Lipinski definition) is 0. The van der Waals surface area contributed by atoms with Crippen molar-refractivity contribution in [3.8, 4) is 11.5 Å². The van der Waals surface area contributed by atoms with Crippen LogP contribution in [0.15, 0.2) is 103 Å². The molecule has 30 heavy (non-hydrogen) atoms. The summed E-state index contributed by atoms with van der Waals surface area (Å²) in [6.07, 6.45) is 3.35. The molecular weight excluding hydrogens is 364 g/mol. The van der Waals surface area contributed by atoms with Gasteiger partial charge in [-0.2, -0.15) is 0 Å². The number of hydrogen-bond acceptors (Lipinski definition) is 1. The van der Waals surface area contributed by atoms with Gasteiger partial charge in [-0.3, -0.25) is 0 Å². The van der Waals surface area contributed by atoms with Crippen LogP contribution < -0.4 is 4.74 Å². The second-order valence-electron chi connectivity index (χ2n) is 8.31. The first-order chi connectivity index (χ1) is 14.6. The third-order valence-electron chi connectivity index (χ3n) is 6.76. The average molecular weight is 391 g/mol. The van der Waals surface area contributed by atoms with Crippen molar-refractivity contribution in [1.82, 2.24) is 0 Å². The Hall–Kier alpha value is -3.32. The topological polar surface area (TPSA) is 9.23 Å². The van der Waals surface area contributed by atoms with Gasteiger partial charge in [-0.25, -0.2) is 0 Å². The van der Waals surface area contributed by atoms with Gasteiger partial charge in [0.2, 0.25) is 0 Å². The lowest BCUT2D eigenvalue weighted by Gasteiger charge is -2.39. The highest BCUT2D eigenvalue weighted by Crippen LogP contribution is 2.62. The van der Waals surface area contributed by atoms with Crippen molar-refractivity contribution >= 4 is 5.57 Å². The fraction of sp³-hybridized carbons (Fsp3) is 0.172. The number of benzene rings is 3. The molecule has 3 aromatic rings. The van der Waals surface area contributed by atoms with E-state index in [1.54, 1.807) is 0 Å². The molecular formula is C29H26O. The van der Waals surface area contributed by atoms with Crippen LogP contribution >= 0.6 is 0 Å². The molecule has 1 spiro atoms. The summed E-state index contributed by atoms with van der Waals surface area (Å²) in [6.45, 7) is 13.4. The van der Waals surface area contributed by atoms with E-state index in [0.29, 0.717) is 5.92 Å². The molecule has 5 rings (SSSR count). The largest absolute Gasteiger partial charge is 0.457 e. The van der Waals surface area contributed by atoms with E-state index in [2.05, 4.69) is 93.7 Å². The van der Waals surface area contributed by atoms with E-state index in [1.807, 2.05) is 12.1 Å². The minimum Gasteiger partial charge on any atom is -0.457 e. The molecule has 1 heterocycles. The lowest BCUT2D eigenvalue weighted by atomic mass is 9.65. The Labute approximate surface area is 179 Å². The second-order valence-corrected chi connectivity index (χ2v) is 8.31. The van der Waals surface area contributed by atoms with E-state index in [-0.39, 0.29) is 0 Å². The van der Waals surface area contributed by atoms with Crippen molar-refractivity contribution in [3.63, 3.8) is 0 Å². The van der Waals surface area contributed by atoms with Crippen molar-refractivity contribution < 1.29 is 4.74 Å². The first-order valence-corrected chi connectivity index (χ1v) is 10.7. The highest BCUT2D eigenvalue weighted by Gasteiger charge is 2.52. The zero-order chi connectivity index (χ0) is 20.9. The number of para-hydroxylation sites is 2. The molecule has 2 aliphatic rings. The Bertz CT molecular complexity index is 1160. The number of rotatable bonds is 3. The van der Waals surface area contributed by atoms with Crippen LogP contribution in [0.5, 0.6) is 11.5 Å². The van der Waals surface area contributed by atoms with Crippen LogP contribution in [0.3, 0.4) is 0 Å². The van der Waals surface area contributed by atoms with Crippen LogP contribution in [-0.4, -0.2) is 0 Å². The normalized spacial score (nSPS) is 17.8. The molecule has 0 bridgehead atoms. The summed E-state index contributed by atoms with van der Waals surface area (Å²) in [5, 5.41) is 0. The molecule has 1 nitrogen and oxygen atoms in total. The molecule has 1 atom stereocenters. The summed E-state index contributed by atoms with van der Waals surface area (Å²) in [5.74, 6) is 2.22. The maximum absolute atomic E-state index is 6.36. The van der Waals surface area contributed by atoms with Crippen LogP contribution in [0.4, 0.5) is 0 Å². The Kier molecular flexibility index (Phi) is 4.29. The molecule has 1 aliphatic heterocycles. The first-order valence-electron chi connectivity index (χ1n) is 10.7. The molecule has 1 unspecified atom stereocenters. The van der Waals surface area contributed by atoms with Crippen molar-refractivity contribution in [2.75, 3.05) is 0 Å². The van der Waals surface area contributed by atoms with Gasteiger partial charge in [0.15, 0.2) is 0 Å². The number of fused-ring (bicyclic) bond motifs is 6. The number of allylic oxidation sites excluding steroid dienone is 4. The summed E-state index contributed by atoms with van der Waals surface area (Å²) in [6, 6.07) is 25.5. The van der Waals surface area contributed by atoms with Crippen LogP contribution in [0, 0.1) is 5.92 Å². The lowest BCUT2D eigenvalue weighted by molar-refractivity contribution is 0.436. The summed E-state index contributed by atoms with van der Waals surface area (Å²) in [4.78, 5) is 0. The smallest absolute Gasteiger partial charge is 0.132 e. The van der Waals surface area contributed by atoms with E-state index in [1.165, 1.54) is 16.7 Å². The molecule has 1 heteroatoms. The van der Waals surface area contributed by atoms with Crippen molar-refractivity contribution in [3.05, 3.63) is 125 Å². The highest BCUT2D eigenvalue weighted by molar-refractivity contribution is 5.95. The van der Waals surface area contributed by atoms with Gasteiger partial charge < -0.3 is 4.74 Å². The molecule has 0 N–H and O–H groups in total. The van der Waals surface area contributed by atoms with Gasteiger partial charge in [0.05, 0.1) is 5.41 Å². The molecule has 0 radical (unpaired) electrons. The predicted octanol–water partition coefficient (Wildman–Crippen LogP) is 7.68. The van der Waals surface area contributed by atoms with Crippen LogP contribution in [-0.2, 0) is 5.41 Å². The van der Waals surface area contributed by atoms with Gasteiger partial charge in [0.1, 0.15) is 11.5 Å². The minimum absolute atomic E-state index is 0.413. The second kappa shape index (κ2) is 6.88. The minimum atomic E-state index is -0.449. The zero-order valence-corrected chi connectivity index (χ0v) is 17.6. The van der Waals surface area contributed by atoms with Gasteiger partial charge in [-0.15, -0.1) is 0 Å². The summed E-state index contributed by atoms with van der Waals surface area (Å²) < 4.78 is 6.36. The monoisotopic (exact) mass is 390 g/mol. The van der Waals surface area contributed by atoms with E-state index >= 15 is 0 Å².